The topological polar surface area (TPSA) is 64.7 Å². The summed E-state index contributed by atoms with van der Waals surface area (Å²) in [6, 6.07) is 4.83. The zero-order valence-electron chi connectivity index (χ0n) is 16.4. The molecule has 0 atom stereocenters. The summed E-state index contributed by atoms with van der Waals surface area (Å²) in [5.41, 5.74) is 2.08. The molecule has 1 aliphatic rings. The predicted octanol–water partition coefficient (Wildman–Crippen LogP) is 2.13. The number of aliphatic imine (C=N–C) groups is 1. The first-order valence-corrected chi connectivity index (χ1v) is 9.52. The molecule has 0 saturated carbocycles. The van der Waals surface area contributed by atoms with Crippen LogP contribution >= 0.6 is 0 Å². The fourth-order valence-electron chi connectivity index (χ4n) is 3.47. The molecule has 27 heavy (non-hydrogen) atoms. The number of guanidine groups is 1. The fraction of sp³-hybridized carbons (Fsp3) is 0.550. The third-order valence-corrected chi connectivity index (χ3v) is 5.20. The molecule has 0 spiro atoms. The second-order valence-electron chi connectivity index (χ2n) is 7.52. The maximum atomic E-state index is 13.5. The quantitative estimate of drug-likeness (QED) is 0.535. The molecule has 3 N–H and O–H groups in total. The summed E-state index contributed by atoms with van der Waals surface area (Å²) in [6.07, 6.45) is 2.74. The van der Waals surface area contributed by atoms with E-state index < -0.39 is 0 Å². The summed E-state index contributed by atoms with van der Waals surface area (Å²) >= 11 is 0. The summed E-state index contributed by atoms with van der Waals surface area (Å²) in [6.45, 7) is 9.49. The van der Waals surface area contributed by atoms with Gasteiger partial charge in [0.1, 0.15) is 5.82 Å². The standard InChI is InChI=1S/C20H30FN5O/c1-20(2,26-8-10-27-11-9-26)14-25-19(22-3)23-7-6-15-13-24-18-5-4-16(21)12-17(15)18/h4-5,12-13,24H,6-11,14H2,1-3H3,(H2,22,23,25). The van der Waals surface area contributed by atoms with Gasteiger partial charge in [-0.15, -0.1) is 0 Å². The number of ether oxygens (including phenoxy) is 1. The molecule has 0 radical (unpaired) electrons. The van der Waals surface area contributed by atoms with E-state index in [1.807, 2.05) is 6.20 Å². The van der Waals surface area contributed by atoms with Crippen molar-refractivity contribution in [3.63, 3.8) is 0 Å². The summed E-state index contributed by atoms with van der Waals surface area (Å²) < 4.78 is 18.9. The van der Waals surface area contributed by atoms with Crippen molar-refractivity contribution in [1.29, 1.82) is 0 Å². The lowest BCUT2D eigenvalue weighted by molar-refractivity contribution is -0.00833. The van der Waals surface area contributed by atoms with Gasteiger partial charge in [0.05, 0.1) is 13.2 Å². The van der Waals surface area contributed by atoms with Crippen LogP contribution in [0.4, 0.5) is 4.39 Å². The molecule has 2 heterocycles. The summed E-state index contributed by atoms with van der Waals surface area (Å²) in [5, 5.41) is 7.71. The molecular formula is C20H30FN5O. The molecule has 7 heteroatoms. The Hall–Kier alpha value is -2.12. The molecule has 1 aromatic heterocycles. The van der Waals surface area contributed by atoms with E-state index in [1.165, 1.54) is 6.07 Å². The normalized spacial score (nSPS) is 16.7. The van der Waals surface area contributed by atoms with Crippen LogP contribution in [0, 0.1) is 5.82 Å². The van der Waals surface area contributed by atoms with E-state index in [1.54, 1.807) is 19.2 Å². The number of aromatic amines is 1. The Morgan fingerprint density at radius 3 is 2.81 bits per heavy atom. The van der Waals surface area contributed by atoms with Crippen molar-refractivity contribution in [2.45, 2.75) is 25.8 Å². The number of aromatic nitrogens is 1. The SMILES string of the molecule is CN=C(NCCc1c[nH]c2ccc(F)cc12)NCC(C)(C)N1CCOCC1. The number of H-pyrrole nitrogens is 1. The van der Waals surface area contributed by atoms with E-state index in [0.29, 0.717) is 0 Å². The monoisotopic (exact) mass is 375 g/mol. The van der Waals surface area contributed by atoms with Crippen LogP contribution in [0.5, 0.6) is 0 Å². The lowest BCUT2D eigenvalue weighted by atomic mass is 10.0. The molecule has 6 nitrogen and oxygen atoms in total. The highest BCUT2D eigenvalue weighted by atomic mass is 19.1. The van der Waals surface area contributed by atoms with Crippen molar-refractivity contribution < 1.29 is 9.13 Å². The molecule has 0 bridgehead atoms. The number of morpholine rings is 1. The molecule has 0 unspecified atom stereocenters. The van der Waals surface area contributed by atoms with Crippen molar-refractivity contribution >= 4 is 16.9 Å². The predicted molar refractivity (Wildman–Crippen MR) is 108 cm³/mol. The number of halogens is 1. The van der Waals surface area contributed by atoms with Crippen molar-refractivity contribution in [3.8, 4) is 0 Å². The molecule has 1 saturated heterocycles. The van der Waals surface area contributed by atoms with Gasteiger partial charge in [0.2, 0.25) is 0 Å². The van der Waals surface area contributed by atoms with Crippen LogP contribution in [0.3, 0.4) is 0 Å². The molecule has 148 valence electrons. The van der Waals surface area contributed by atoms with E-state index >= 15 is 0 Å². The highest BCUT2D eigenvalue weighted by Crippen LogP contribution is 2.19. The van der Waals surface area contributed by atoms with E-state index in [-0.39, 0.29) is 11.4 Å². The summed E-state index contributed by atoms with van der Waals surface area (Å²) in [7, 11) is 1.78. The highest BCUT2D eigenvalue weighted by molar-refractivity contribution is 5.83. The molecule has 0 aliphatic carbocycles. The van der Waals surface area contributed by atoms with Crippen LogP contribution in [-0.4, -0.2) is 67.8 Å². The maximum absolute atomic E-state index is 13.5. The van der Waals surface area contributed by atoms with Gasteiger partial charge < -0.3 is 20.4 Å². The van der Waals surface area contributed by atoms with Crippen LogP contribution in [0.2, 0.25) is 0 Å². The number of hydrogen-bond acceptors (Lipinski definition) is 3. The average molecular weight is 375 g/mol. The number of fused-ring (bicyclic) bond motifs is 1. The summed E-state index contributed by atoms with van der Waals surface area (Å²) in [4.78, 5) is 9.95. The lowest BCUT2D eigenvalue weighted by Gasteiger charge is -2.41. The van der Waals surface area contributed by atoms with E-state index in [9.17, 15) is 4.39 Å². The van der Waals surface area contributed by atoms with Crippen LogP contribution in [0.25, 0.3) is 10.9 Å². The van der Waals surface area contributed by atoms with Gasteiger partial charge in [-0.3, -0.25) is 9.89 Å². The van der Waals surface area contributed by atoms with Crippen LogP contribution < -0.4 is 10.6 Å². The average Bonchev–Trinajstić information content (AvgIpc) is 3.07. The van der Waals surface area contributed by atoms with Gasteiger partial charge in [-0.25, -0.2) is 4.39 Å². The minimum Gasteiger partial charge on any atom is -0.379 e. The lowest BCUT2D eigenvalue weighted by Crippen LogP contribution is -2.56. The minimum absolute atomic E-state index is 0.0236. The first-order valence-electron chi connectivity index (χ1n) is 9.52. The highest BCUT2D eigenvalue weighted by Gasteiger charge is 2.28. The van der Waals surface area contributed by atoms with Gasteiger partial charge >= 0.3 is 0 Å². The van der Waals surface area contributed by atoms with Gasteiger partial charge in [-0.1, -0.05) is 0 Å². The number of benzene rings is 1. The fourth-order valence-corrected chi connectivity index (χ4v) is 3.47. The van der Waals surface area contributed by atoms with Gasteiger partial charge in [0.15, 0.2) is 5.96 Å². The first-order chi connectivity index (χ1) is 13.0. The number of nitrogens with one attached hydrogen (secondary N) is 3. The second-order valence-corrected chi connectivity index (χ2v) is 7.52. The third-order valence-electron chi connectivity index (χ3n) is 5.20. The van der Waals surface area contributed by atoms with E-state index in [2.05, 4.69) is 39.4 Å². The smallest absolute Gasteiger partial charge is 0.191 e. The van der Waals surface area contributed by atoms with Gasteiger partial charge in [-0.05, 0) is 44.0 Å². The largest absolute Gasteiger partial charge is 0.379 e. The molecule has 0 amide bonds. The Kier molecular flexibility index (Phi) is 6.34. The Bertz CT molecular complexity index is 780. The van der Waals surface area contributed by atoms with Gasteiger partial charge in [0.25, 0.3) is 0 Å². The number of nitrogens with zero attached hydrogens (tertiary/aromatic N) is 2. The van der Waals surface area contributed by atoms with Crippen LogP contribution in [0.1, 0.15) is 19.4 Å². The van der Waals surface area contributed by atoms with Crippen LogP contribution in [0.15, 0.2) is 29.4 Å². The second kappa shape index (κ2) is 8.71. The Balaban J connectivity index is 1.49. The third kappa shape index (κ3) is 4.99. The minimum atomic E-state index is -0.209. The molecule has 1 aromatic carbocycles. The summed E-state index contributed by atoms with van der Waals surface area (Å²) in [5.74, 6) is 0.571. The molecule has 2 aromatic rings. The Morgan fingerprint density at radius 1 is 1.30 bits per heavy atom. The van der Waals surface area contributed by atoms with Crippen molar-refractivity contribution in [2.24, 2.45) is 4.99 Å². The van der Waals surface area contributed by atoms with E-state index in [4.69, 9.17) is 4.74 Å². The number of hydrogen-bond donors (Lipinski definition) is 3. The molecule has 1 fully saturated rings. The zero-order valence-corrected chi connectivity index (χ0v) is 16.4. The van der Waals surface area contributed by atoms with Gasteiger partial charge in [0, 0.05) is 55.9 Å². The Morgan fingerprint density at radius 2 is 2.07 bits per heavy atom. The Labute approximate surface area is 160 Å². The zero-order chi connectivity index (χ0) is 19.3. The van der Waals surface area contributed by atoms with Crippen molar-refractivity contribution in [2.75, 3.05) is 46.4 Å². The maximum Gasteiger partial charge on any atom is 0.191 e. The van der Waals surface area contributed by atoms with Crippen molar-refractivity contribution in [1.82, 2.24) is 20.5 Å². The van der Waals surface area contributed by atoms with Gasteiger partial charge in [-0.2, -0.15) is 0 Å². The molecular weight excluding hydrogens is 345 g/mol. The molecule has 1 aliphatic heterocycles. The van der Waals surface area contributed by atoms with Crippen molar-refractivity contribution in [3.05, 3.63) is 35.8 Å². The van der Waals surface area contributed by atoms with E-state index in [0.717, 1.165) is 68.2 Å². The first kappa shape index (κ1) is 19.6. The van der Waals surface area contributed by atoms with Crippen LogP contribution in [-0.2, 0) is 11.2 Å². The number of rotatable bonds is 6. The molecule has 3 rings (SSSR count).